The van der Waals surface area contributed by atoms with Crippen molar-refractivity contribution in [3.63, 3.8) is 0 Å². The van der Waals surface area contributed by atoms with E-state index in [4.69, 9.17) is 5.73 Å². The van der Waals surface area contributed by atoms with Crippen LogP contribution in [0.25, 0.3) is 22.0 Å². The molecule has 3 aromatic rings. The van der Waals surface area contributed by atoms with Crippen molar-refractivity contribution in [2.75, 3.05) is 7.05 Å². The normalized spacial score (nSPS) is 12.0. The average molecular weight is 360 g/mol. The molecule has 27 heavy (non-hydrogen) atoms. The van der Waals surface area contributed by atoms with Gasteiger partial charge in [0.15, 0.2) is 0 Å². The minimum atomic E-state index is -1.08. The van der Waals surface area contributed by atoms with Gasteiger partial charge in [-0.15, -0.1) is 0 Å². The molecule has 136 valence electrons. The van der Waals surface area contributed by atoms with E-state index < -0.39 is 5.97 Å². The predicted molar refractivity (Wildman–Crippen MR) is 107 cm³/mol. The van der Waals surface area contributed by atoms with Gasteiger partial charge in [0.25, 0.3) is 0 Å². The van der Waals surface area contributed by atoms with Gasteiger partial charge in [0.1, 0.15) is 5.69 Å². The Kier molecular flexibility index (Phi) is 4.98. The lowest BCUT2D eigenvalue weighted by Crippen LogP contribution is -2.08. The maximum absolute atomic E-state index is 11.6. The highest BCUT2D eigenvalue weighted by atomic mass is 16.4. The molecule has 2 heterocycles. The highest BCUT2D eigenvalue weighted by molar-refractivity contribution is 6.18. The second-order valence-electron chi connectivity index (χ2n) is 6.15. The van der Waals surface area contributed by atoms with Crippen LogP contribution >= 0.6 is 0 Å². The van der Waals surface area contributed by atoms with Crippen LogP contribution in [0, 0.1) is 13.8 Å². The molecule has 0 saturated heterocycles. The summed E-state index contributed by atoms with van der Waals surface area (Å²) in [6.07, 6.45) is 6.55. The minimum absolute atomic E-state index is 0.0282. The molecule has 6 heteroatoms. The molecule has 0 radical (unpaired) electrons. The van der Waals surface area contributed by atoms with Gasteiger partial charge in [0.05, 0.1) is 11.2 Å². The first-order valence-corrected chi connectivity index (χ1v) is 8.42. The molecule has 0 aliphatic rings. The van der Waals surface area contributed by atoms with Crippen molar-refractivity contribution in [1.29, 1.82) is 0 Å². The molecule has 0 atom stereocenters. The molecule has 0 bridgehead atoms. The largest absolute Gasteiger partial charge is 0.477 e. The molecule has 0 unspecified atom stereocenters. The Labute approximate surface area is 157 Å². The number of hydrogen-bond donors (Lipinski definition) is 2. The number of carboxylic acids is 1. The maximum Gasteiger partial charge on any atom is 0.354 e. The summed E-state index contributed by atoms with van der Waals surface area (Å²) in [6.45, 7) is 4.00. The molecule has 0 fully saturated rings. The molecule has 0 spiro atoms. The van der Waals surface area contributed by atoms with E-state index in [0.29, 0.717) is 16.8 Å². The van der Waals surface area contributed by atoms with Crippen LogP contribution in [-0.2, 0) is 0 Å². The Morgan fingerprint density at radius 3 is 2.52 bits per heavy atom. The molecular formula is C21H20N4O2. The summed E-state index contributed by atoms with van der Waals surface area (Å²) in [5.41, 5.74) is 11.6. The first kappa shape index (κ1) is 18.3. The van der Waals surface area contributed by atoms with E-state index in [1.54, 1.807) is 31.6 Å². The number of hydrogen-bond acceptors (Lipinski definition) is 5. The third-order valence-electron chi connectivity index (χ3n) is 4.50. The second kappa shape index (κ2) is 7.37. The zero-order valence-corrected chi connectivity index (χ0v) is 15.4. The molecule has 3 N–H and O–H groups in total. The van der Waals surface area contributed by atoms with E-state index in [0.717, 1.165) is 27.6 Å². The topological polar surface area (TPSA) is 101 Å². The summed E-state index contributed by atoms with van der Waals surface area (Å²) in [5, 5.41) is 10.3. The number of fused-ring (bicyclic) bond motifs is 1. The number of carboxylic acid groups (broad SMARTS) is 1. The van der Waals surface area contributed by atoms with Crippen LogP contribution in [0.4, 0.5) is 0 Å². The molecule has 3 rings (SSSR count). The number of pyridine rings is 2. The molecule has 2 aromatic heterocycles. The van der Waals surface area contributed by atoms with Crippen LogP contribution in [0.3, 0.4) is 0 Å². The Morgan fingerprint density at radius 1 is 1.22 bits per heavy atom. The molecule has 0 aliphatic heterocycles. The van der Waals surface area contributed by atoms with Gasteiger partial charge in [-0.1, -0.05) is 0 Å². The van der Waals surface area contributed by atoms with Gasteiger partial charge in [-0.2, -0.15) is 0 Å². The lowest BCUT2D eigenvalue weighted by Gasteiger charge is -2.17. The molecule has 6 nitrogen and oxygen atoms in total. The number of nitrogens with zero attached hydrogens (tertiary/aromatic N) is 3. The van der Waals surface area contributed by atoms with Crippen LogP contribution in [0.2, 0.25) is 0 Å². The molecule has 0 amide bonds. The number of rotatable bonds is 4. The highest BCUT2D eigenvalue weighted by Crippen LogP contribution is 2.34. The van der Waals surface area contributed by atoms with E-state index in [1.165, 1.54) is 6.20 Å². The predicted octanol–water partition coefficient (Wildman–Crippen LogP) is 3.50. The highest BCUT2D eigenvalue weighted by Gasteiger charge is 2.18. The summed E-state index contributed by atoms with van der Waals surface area (Å²) < 4.78 is 0. The van der Waals surface area contributed by atoms with Gasteiger partial charge in [-0.05, 0) is 72.6 Å². The standard InChI is InChI=1S/C21H20N4O2/c1-12-10-17-20(13(2)19(12)14-5-8-24-9-6-14)15(16(23-3)4-7-22)11-18(25-17)21(26)27/h4-11H,22H2,1-3H3,(H,26,27). The van der Waals surface area contributed by atoms with Crippen LogP contribution in [0.5, 0.6) is 0 Å². The summed E-state index contributed by atoms with van der Waals surface area (Å²) in [5.74, 6) is -1.08. The van der Waals surface area contributed by atoms with Crippen molar-refractivity contribution in [2.24, 2.45) is 10.7 Å². The van der Waals surface area contributed by atoms with Crippen molar-refractivity contribution in [2.45, 2.75) is 13.8 Å². The second-order valence-corrected chi connectivity index (χ2v) is 6.15. The SMILES string of the molecule is CN=C(C=CN)c1cc(C(=O)O)nc2cc(C)c(-c3ccncc3)c(C)c12. The van der Waals surface area contributed by atoms with Gasteiger partial charge in [0.2, 0.25) is 0 Å². The first-order chi connectivity index (χ1) is 13.0. The summed E-state index contributed by atoms with van der Waals surface area (Å²) in [6, 6.07) is 7.36. The zero-order valence-electron chi connectivity index (χ0n) is 15.4. The first-order valence-electron chi connectivity index (χ1n) is 8.42. The van der Waals surface area contributed by atoms with Gasteiger partial charge < -0.3 is 10.8 Å². The monoisotopic (exact) mass is 360 g/mol. The van der Waals surface area contributed by atoms with Gasteiger partial charge in [-0.3, -0.25) is 9.98 Å². The Bertz CT molecular complexity index is 1090. The zero-order chi connectivity index (χ0) is 19.6. The minimum Gasteiger partial charge on any atom is -0.477 e. The van der Waals surface area contributed by atoms with E-state index in [9.17, 15) is 9.90 Å². The van der Waals surface area contributed by atoms with Gasteiger partial charge in [0, 0.05) is 30.4 Å². The van der Waals surface area contributed by atoms with Crippen LogP contribution in [0.15, 0.2) is 53.9 Å². The Morgan fingerprint density at radius 2 is 1.93 bits per heavy atom. The lowest BCUT2D eigenvalue weighted by atomic mass is 9.89. The van der Waals surface area contributed by atoms with E-state index in [2.05, 4.69) is 15.0 Å². The van der Waals surface area contributed by atoms with E-state index in [-0.39, 0.29) is 5.69 Å². The third kappa shape index (κ3) is 3.29. The number of aromatic carboxylic acids is 1. The number of aryl methyl sites for hydroxylation is 2. The average Bonchev–Trinajstić information content (AvgIpc) is 2.65. The summed E-state index contributed by atoms with van der Waals surface area (Å²) in [7, 11) is 1.65. The van der Waals surface area contributed by atoms with Crippen molar-refractivity contribution in [3.8, 4) is 11.1 Å². The Hall–Kier alpha value is -3.54. The number of benzene rings is 1. The number of carbonyl (C=O) groups is 1. The van der Waals surface area contributed by atoms with Crippen molar-refractivity contribution in [1.82, 2.24) is 9.97 Å². The van der Waals surface area contributed by atoms with E-state index in [1.807, 2.05) is 32.0 Å². The summed E-state index contributed by atoms with van der Waals surface area (Å²) >= 11 is 0. The molecule has 0 aliphatic carbocycles. The lowest BCUT2D eigenvalue weighted by molar-refractivity contribution is 0.0691. The van der Waals surface area contributed by atoms with Gasteiger partial charge in [-0.25, -0.2) is 9.78 Å². The third-order valence-corrected chi connectivity index (χ3v) is 4.50. The fourth-order valence-corrected chi connectivity index (χ4v) is 3.41. The van der Waals surface area contributed by atoms with Crippen LogP contribution in [-0.4, -0.2) is 33.8 Å². The summed E-state index contributed by atoms with van der Waals surface area (Å²) in [4.78, 5) is 24.3. The number of aliphatic imine (C=N–C) groups is 1. The van der Waals surface area contributed by atoms with E-state index >= 15 is 0 Å². The van der Waals surface area contributed by atoms with Crippen molar-refractivity contribution in [3.05, 3.63) is 71.3 Å². The molecular weight excluding hydrogens is 340 g/mol. The Balaban J connectivity index is 2.46. The fourth-order valence-electron chi connectivity index (χ4n) is 3.41. The smallest absolute Gasteiger partial charge is 0.354 e. The fraction of sp³-hybridized carbons (Fsp3) is 0.143. The van der Waals surface area contributed by atoms with Crippen molar-refractivity contribution >= 4 is 22.6 Å². The van der Waals surface area contributed by atoms with Gasteiger partial charge >= 0.3 is 5.97 Å². The maximum atomic E-state index is 11.6. The van der Waals surface area contributed by atoms with Crippen LogP contribution < -0.4 is 5.73 Å². The number of aromatic nitrogens is 2. The quantitative estimate of drug-likeness (QED) is 0.693. The molecule has 1 aromatic carbocycles. The van der Waals surface area contributed by atoms with Crippen LogP contribution in [0.1, 0.15) is 27.2 Å². The number of allylic oxidation sites excluding steroid dienone is 1. The van der Waals surface area contributed by atoms with Crippen molar-refractivity contribution < 1.29 is 9.90 Å². The molecule has 0 saturated carbocycles. The number of nitrogens with two attached hydrogens (primary N) is 1.